The van der Waals surface area contributed by atoms with Gasteiger partial charge in [0, 0.05) is 62.0 Å². The molecule has 1 aromatic heterocycles. The number of piperazine rings is 1. The van der Waals surface area contributed by atoms with Gasteiger partial charge in [0.1, 0.15) is 29.2 Å². The number of aryl methyl sites for hydroxylation is 1. The van der Waals surface area contributed by atoms with E-state index < -0.39 is 17.6 Å². The van der Waals surface area contributed by atoms with Crippen LogP contribution in [0.15, 0.2) is 42.6 Å². The maximum atomic E-state index is 14.1. The SMILES string of the molecule is CCN1CCN(Cc2ccc(C(=O)NC3C4Oc5c(C)cc(Oc6ccnc7c6CCC(=O)N7)cc5C34)cc2C(F)(F)F)CC1. The number of fused-ring (bicyclic) bond motifs is 4. The van der Waals surface area contributed by atoms with Crippen LogP contribution in [0.25, 0.3) is 0 Å². The summed E-state index contributed by atoms with van der Waals surface area (Å²) in [5, 5.41) is 5.67. The quantitative estimate of drug-likeness (QED) is 0.388. The molecule has 236 valence electrons. The monoisotopic (exact) mass is 621 g/mol. The number of benzene rings is 2. The van der Waals surface area contributed by atoms with E-state index in [1.54, 1.807) is 12.3 Å². The molecule has 1 aliphatic carbocycles. The lowest BCUT2D eigenvalue weighted by Crippen LogP contribution is -2.45. The van der Waals surface area contributed by atoms with Gasteiger partial charge in [-0.3, -0.25) is 14.5 Å². The van der Waals surface area contributed by atoms with Gasteiger partial charge in [-0.05, 0) is 61.3 Å². The third kappa shape index (κ3) is 5.72. The first-order valence-corrected chi connectivity index (χ1v) is 15.3. The number of anilines is 1. The molecule has 3 aliphatic heterocycles. The summed E-state index contributed by atoms with van der Waals surface area (Å²) in [7, 11) is 0. The van der Waals surface area contributed by atoms with Crippen molar-refractivity contribution in [2.45, 2.75) is 57.5 Å². The van der Waals surface area contributed by atoms with E-state index in [1.807, 2.05) is 24.0 Å². The average molecular weight is 622 g/mol. The van der Waals surface area contributed by atoms with Crippen molar-refractivity contribution in [2.75, 3.05) is 38.0 Å². The lowest BCUT2D eigenvalue weighted by molar-refractivity contribution is -0.138. The number of ether oxygens (including phenoxy) is 2. The highest BCUT2D eigenvalue weighted by atomic mass is 19.4. The largest absolute Gasteiger partial charge is 0.487 e. The van der Waals surface area contributed by atoms with Gasteiger partial charge in [0.15, 0.2) is 0 Å². The van der Waals surface area contributed by atoms with Crippen molar-refractivity contribution in [2.24, 2.45) is 0 Å². The van der Waals surface area contributed by atoms with Crippen LogP contribution in [-0.4, -0.2) is 71.5 Å². The molecule has 0 spiro atoms. The zero-order chi connectivity index (χ0) is 31.5. The third-order valence-corrected chi connectivity index (χ3v) is 9.23. The van der Waals surface area contributed by atoms with Crippen LogP contribution in [-0.2, 0) is 23.9 Å². The van der Waals surface area contributed by atoms with E-state index in [1.165, 1.54) is 12.1 Å². The molecule has 3 atom stereocenters. The lowest BCUT2D eigenvalue weighted by Gasteiger charge is -2.34. The number of carbonyl (C=O) groups excluding carboxylic acids is 2. The van der Waals surface area contributed by atoms with Gasteiger partial charge in [-0.15, -0.1) is 0 Å². The van der Waals surface area contributed by atoms with E-state index in [0.29, 0.717) is 43.2 Å². The van der Waals surface area contributed by atoms with Crippen LogP contribution in [0.1, 0.15) is 57.4 Å². The van der Waals surface area contributed by atoms with Crippen molar-refractivity contribution in [3.8, 4) is 17.2 Å². The van der Waals surface area contributed by atoms with Crippen LogP contribution in [0.2, 0.25) is 0 Å². The Morgan fingerprint density at radius 3 is 2.64 bits per heavy atom. The lowest BCUT2D eigenvalue weighted by atomic mass is 10.0. The molecule has 4 aliphatic rings. The van der Waals surface area contributed by atoms with Crippen molar-refractivity contribution in [1.82, 2.24) is 20.1 Å². The van der Waals surface area contributed by atoms with Gasteiger partial charge in [0.25, 0.3) is 5.91 Å². The van der Waals surface area contributed by atoms with E-state index >= 15 is 0 Å². The number of rotatable bonds is 7. The predicted molar refractivity (Wildman–Crippen MR) is 160 cm³/mol. The number of alkyl halides is 3. The number of halogens is 3. The molecular weight excluding hydrogens is 587 g/mol. The van der Waals surface area contributed by atoms with Crippen LogP contribution >= 0.6 is 0 Å². The Bertz CT molecular complexity index is 1670. The van der Waals surface area contributed by atoms with Gasteiger partial charge in [0.05, 0.1) is 17.5 Å². The van der Waals surface area contributed by atoms with E-state index in [-0.39, 0.29) is 41.6 Å². The fourth-order valence-corrected chi connectivity index (χ4v) is 6.68. The van der Waals surface area contributed by atoms with Crippen LogP contribution in [0.5, 0.6) is 17.2 Å². The Morgan fingerprint density at radius 1 is 1.11 bits per heavy atom. The normalized spacial score (nSPS) is 22.5. The summed E-state index contributed by atoms with van der Waals surface area (Å²) in [5.41, 5.74) is 1.94. The number of aromatic nitrogens is 1. The van der Waals surface area contributed by atoms with E-state index in [4.69, 9.17) is 9.47 Å². The molecule has 4 heterocycles. The van der Waals surface area contributed by atoms with Gasteiger partial charge in [-0.2, -0.15) is 13.2 Å². The molecule has 1 saturated heterocycles. The summed E-state index contributed by atoms with van der Waals surface area (Å²) in [4.78, 5) is 33.5. The maximum absolute atomic E-state index is 14.1. The predicted octanol–water partition coefficient (Wildman–Crippen LogP) is 4.88. The summed E-state index contributed by atoms with van der Waals surface area (Å²) in [5.74, 6) is 1.61. The summed E-state index contributed by atoms with van der Waals surface area (Å²) < 4.78 is 54.8. The van der Waals surface area contributed by atoms with Crippen molar-refractivity contribution >= 4 is 17.6 Å². The number of likely N-dealkylation sites (N-methyl/N-ethyl adjacent to an activating group) is 1. The van der Waals surface area contributed by atoms with Crippen molar-refractivity contribution in [3.63, 3.8) is 0 Å². The molecule has 9 nitrogen and oxygen atoms in total. The number of hydrogen-bond donors (Lipinski definition) is 2. The zero-order valence-electron chi connectivity index (χ0n) is 25.0. The number of pyridine rings is 1. The molecule has 3 aromatic rings. The first-order valence-electron chi connectivity index (χ1n) is 15.3. The maximum Gasteiger partial charge on any atom is 0.416 e. The minimum atomic E-state index is -4.58. The van der Waals surface area contributed by atoms with Crippen LogP contribution in [0, 0.1) is 6.92 Å². The van der Waals surface area contributed by atoms with Gasteiger partial charge in [0.2, 0.25) is 5.91 Å². The zero-order valence-corrected chi connectivity index (χ0v) is 25.0. The van der Waals surface area contributed by atoms with Crippen molar-refractivity contribution in [3.05, 3.63) is 76.0 Å². The van der Waals surface area contributed by atoms with E-state index in [0.717, 1.165) is 48.1 Å². The molecule has 45 heavy (non-hydrogen) atoms. The summed E-state index contributed by atoms with van der Waals surface area (Å²) in [6.07, 6.45) is -2.44. The number of carbonyl (C=O) groups is 2. The Labute approximate surface area is 258 Å². The second-order valence-electron chi connectivity index (χ2n) is 12.1. The van der Waals surface area contributed by atoms with E-state index in [2.05, 4.69) is 27.4 Å². The fraction of sp³-hybridized carbons (Fsp3) is 0.424. The molecule has 2 fully saturated rings. The topological polar surface area (TPSA) is 96.0 Å². The Kier molecular flexibility index (Phi) is 7.44. The molecular formula is C33H34F3N5O4. The molecule has 7 rings (SSSR count). The molecule has 2 amide bonds. The molecule has 0 radical (unpaired) electrons. The second-order valence-corrected chi connectivity index (χ2v) is 12.1. The standard InChI is InChI=1S/C33H34F3N5O4/c1-3-40-10-12-41(13-11-40)17-20-5-4-19(15-24(20)33(34,35)36)32(43)39-28-27-23-16-21(14-18(2)29(23)45-30(27)28)44-25-8-9-37-31-22(25)6-7-26(42)38-31/h4-5,8-9,14-16,27-28,30H,3,6-7,10-13,17H2,1-2H3,(H,39,43)(H,37,38,42). The Morgan fingerprint density at radius 2 is 1.89 bits per heavy atom. The molecule has 0 bridgehead atoms. The third-order valence-electron chi connectivity index (χ3n) is 9.23. The summed E-state index contributed by atoms with van der Waals surface area (Å²) in [6, 6.07) is 9.01. The van der Waals surface area contributed by atoms with Gasteiger partial charge >= 0.3 is 6.18 Å². The number of hydrogen-bond acceptors (Lipinski definition) is 7. The molecule has 2 aromatic carbocycles. The van der Waals surface area contributed by atoms with Crippen molar-refractivity contribution in [1.29, 1.82) is 0 Å². The second kappa shape index (κ2) is 11.3. The summed E-state index contributed by atoms with van der Waals surface area (Å²) in [6.45, 7) is 8.16. The van der Waals surface area contributed by atoms with Gasteiger partial charge < -0.3 is 25.0 Å². The minimum Gasteiger partial charge on any atom is -0.487 e. The average Bonchev–Trinajstić information content (AvgIpc) is 3.53. The summed E-state index contributed by atoms with van der Waals surface area (Å²) >= 11 is 0. The highest BCUT2D eigenvalue weighted by molar-refractivity contribution is 5.95. The minimum absolute atomic E-state index is 0.0325. The molecule has 12 heteroatoms. The van der Waals surface area contributed by atoms with Crippen molar-refractivity contribution < 1.29 is 32.2 Å². The number of nitrogens with one attached hydrogen (secondary N) is 2. The highest BCUT2D eigenvalue weighted by Gasteiger charge is 2.60. The van der Waals surface area contributed by atoms with E-state index in [9.17, 15) is 22.8 Å². The fourth-order valence-electron chi connectivity index (χ4n) is 6.68. The smallest absolute Gasteiger partial charge is 0.416 e. The highest BCUT2D eigenvalue weighted by Crippen LogP contribution is 2.56. The Hall–Kier alpha value is -4.16. The molecule has 1 saturated carbocycles. The molecule has 2 N–H and O–H groups in total. The van der Waals surface area contributed by atoms with Crippen LogP contribution in [0.3, 0.4) is 0 Å². The van der Waals surface area contributed by atoms with Gasteiger partial charge in [-0.25, -0.2) is 4.98 Å². The van der Waals surface area contributed by atoms with Crippen LogP contribution < -0.4 is 20.1 Å². The molecule has 3 unspecified atom stereocenters. The Balaban J connectivity index is 1.05. The van der Waals surface area contributed by atoms with Gasteiger partial charge in [-0.1, -0.05) is 13.0 Å². The first-order chi connectivity index (χ1) is 21.6. The van der Waals surface area contributed by atoms with Crippen LogP contribution in [0.4, 0.5) is 19.0 Å². The number of nitrogens with zero attached hydrogens (tertiary/aromatic N) is 3. The first kappa shape index (κ1) is 29.5. The number of amides is 2.